The predicted octanol–water partition coefficient (Wildman–Crippen LogP) is 2.30. The maximum Gasteiger partial charge on any atom is 0.238 e. The summed E-state index contributed by atoms with van der Waals surface area (Å²) in [5, 5.41) is 15.5. The van der Waals surface area contributed by atoms with Gasteiger partial charge in [0.2, 0.25) is 15.9 Å². The van der Waals surface area contributed by atoms with Crippen LogP contribution in [0.2, 0.25) is 0 Å². The lowest BCUT2D eigenvalue weighted by Gasteiger charge is -2.32. The largest absolute Gasteiger partial charge is 0.339 e. The summed E-state index contributed by atoms with van der Waals surface area (Å²) in [4.78, 5) is 12.6. The maximum atomic E-state index is 12.6. The zero-order valence-corrected chi connectivity index (χ0v) is 19.8. The van der Waals surface area contributed by atoms with E-state index in [0.29, 0.717) is 37.4 Å². The average Bonchev–Trinajstić information content (AvgIpc) is 3.43. The number of carbonyl (C=O) groups is 1. The molecule has 0 aromatic heterocycles. The number of hydrogen-bond acceptors (Lipinski definition) is 5. The maximum absolute atomic E-state index is 12.6. The number of piperidine rings is 2. The van der Waals surface area contributed by atoms with Gasteiger partial charge in [0.15, 0.2) is 0 Å². The second kappa shape index (κ2) is 9.50. The van der Waals surface area contributed by atoms with Gasteiger partial charge in [-0.15, -0.1) is 0 Å². The fourth-order valence-corrected chi connectivity index (χ4v) is 6.76. The molecule has 0 radical (unpaired) electrons. The van der Waals surface area contributed by atoms with Crippen molar-refractivity contribution in [2.24, 2.45) is 5.92 Å². The van der Waals surface area contributed by atoms with E-state index in [2.05, 4.69) is 28.8 Å². The topological polar surface area (TPSA) is 102 Å². The van der Waals surface area contributed by atoms with Crippen LogP contribution in [0.15, 0.2) is 24.3 Å². The Labute approximate surface area is 191 Å². The molecule has 2 aliphatic heterocycles. The van der Waals surface area contributed by atoms with E-state index in [0.717, 1.165) is 37.7 Å². The van der Waals surface area contributed by atoms with Crippen LogP contribution in [0.5, 0.6) is 0 Å². The SMILES string of the molecule is CC(C)S(=O)(=O)N1CCC(c2ccc(C[C@@H](C#N)NC(=O)[C@H]3N[C@@H]4CC[C@H]3C4)cc2)CC1. The van der Waals surface area contributed by atoms with E-state index in [1.54, 1.807) is 18.2 Å². The van der Waals surface area contributed by atoms with E-state index in [-0.39, 0.29) is 17.2 Å². The molecule has 0 unspecified atom stereocenters. The summed E-state index contributed by atoms with van der Waals surface area (Å²) in [7, 11) is -3.18. The van der Waals surface area contributed by atoms with Gasteiger partial charge in [-0.3, -0.25) is 4.79 Å². The number of benzene rings is 1. The fourth-order valence-electron chi connectivity index (χ4n) is 5.44. The van der Waals surface area contributed by atoms with Gasteiger partial charge in [-0.25, -0.2) is 12.7 Å². The first-order valence-electron chi connectivity index (χ1n) is 11.8. The van der Waals surface area contributed by atoms with Gasteiger partial charge in [-0.05, 0) is 68.9 Å². The van der Waals surface area contributed by atoms with Gasteiger partial charge in [0.1, 0.15) is 6.04 Å². The average molecular weight is 459 g/mol. The van der Waals surface area contributed by atoms with E-state index in [4.69, 9.17) is 0 Å². The lowest BCUT2D eigenvalue weighted by Crippen LogP contribution is -2.50. The molecule has 174 valence electrons. The molecule has 1 aromatic carbocycles. The molecule has 0 spiro atoms. The molecular weight excluding hydrogens is 424 g/mol. The second-order valence-corrected chi connectivity index (χ2v) is 12.3. The second-order valence-electron chi connectivity index (χ2n) is 9.82. The molecule has 1 saturated carbocycles. The highest BCUT2D eigenvalue weighted by atomic mass is 32.2. The molecule has 8 heteroatoms. The molecule has 4 rings (SSSR count). The van der Waals surface area contributed by atoms with Crippen molar-refractivity contribution in [1.29, 1.82) is 5.26 Å². The third-order valence-electron chi connectivity index (χ3n) is 7.42. The monoisotopic (exact) mass is 458 g/mol. The number of rotatable bonds is 7. The van der Waals surface area contributed by atoms with Crippen molar-refractivity contribution in [3.8, 4) is 6.07 Å². The Balaban J connectivity index is 1.30. The molecule has 1 aromatic rings. The predicted molar refractivity (Wildman–Crippen MR) is 123 cm³/mol. The van der Waals surface area contributed by atoms with E-state index in [9.17, 15) is 18.5 Å². The first-order valence-corrected chi connectivity index (χ1v) is 13.3. The minimum absolute atomic E-state index is 0.0523. The van der Waals surface area contributed by atoms with Gasteiger partial charge >= 0.3 is 0 Å². The summed E-state index contributed by atoms with van der Waals surface area (Å²) < 4.78 is 26.4. The smallest absolute Gasteiger partial charge is 0.238 e. The molecule has 4 atom stereocenters. The lowest BCUT2D eigenvalue weighted by atomic mass is 9.89. The Bertz CT molecular complexity index is 962. The van der Waals surface area contributed by atoms with Gasteiger partial charge in [0, 0.05) is 25.6 Å². The third kappa shape index (κ3) is 4.85. The molecular formula is C24H34N4O3S. The number of sulfonamides is 1. The minimum Gasteiger partial charge on any atom is -0.339 e. The van der Waals surface area contributed by atoms with Crippen molar-refractivity contribution in [2.45, 2.75) is 81.7 Å². The Hall–Kier alpha value is -1.95. The highest BCUT2D eigenvalue weighted by Crippen LogP contribution is 2.35. The quantitative estimate of drug-likeness (QED) is 0.653. The molecule has 2 N–H and O–H groups in total. The summed E-state index contributed by atoms with van der Waals surface area (Å²) in [5.41, 5.74) is 2.22. The first-order chi connectivity index (χ1) is 15.3. The molecule has 7 nitrogen and oxygen atoms in total. The Kier molecular flexibility index (Phi) is 6.89. The molecule has 3 aliphatic rings. The molecule has 3 fully saturated rings. The number of nitriles is 1. The van der Waals surface area contributed by atoms with E-state index in [1.807, 2.05) is 12.1 Å². The Morgan fingerprint density at radius 1 is 1.19 bits per heavy atom. The number of fused-ring (bicyclic) bond motifs is 2. The van der Waals surface area contributed by atoms with Crippen LogP contribution in [0.4, 0.5) is 0 Å². The van der Waals surface area contributed by atoms with Crippen LogP contribution >= 0.6 is 0 Å². The van der Waals surface area contributed by atoms with Crippen LogP contribution in [0, 0.1) is 17.2 Å². The number of hydrogen-bond donors (Lipinski definition) is 2. The van der Waals surface area contributed by atoms with Crippen molar-refractivity contribution < 1.29 is 13.2 Å². The van der Waals surface area contributed by atoms with Crippen molar-refractivity contribution in [3.05, 3.63) is 35.4 Å². The Morgan fingerprint density at radius 2 is 1.88 bits per heavy atom. The highest BCUT2D eigenvalue weighted by Gasteiger charge is 2.43. The number of nitrogens with zero attached hydrogens (tertiary/aromatic N) is 2. The van der Waals surface area contributed by atoms with Gasteiger partial charge in [0.25, 0.3) is 0 Å². The van der Waals surface area contributed by atoms with Crippen LogP contribution in [-0.4, -0.2) is 55.1 Å². The van der Waals surface area contributed by atoms with E-state index in [1.165, 1.54) is 5.56 Å². The summed E-state index contributed by atoms with van der Waals surface area (Å²) >= 11 is 0. The van der Waals surface area contributed by atoms with Crippen molar-refractivity contribution in [3.63, 3.8) is 0 Å². The standard InChI is InChI=1S/C24H34N4O3S/c1-16(2)32(30,31)28-11-9-19(10-12-28)18-5-3-17(4-6-18)13-22(15-25)27-24(29)23-20-7-8-21(14-20)26-23/h3-6,16,19-23,26H,7-14H2,1-2H3,(H,27,29)/t20-,21+,22-,23-/m0/s1. The van der Waals surface area contributed by atoms with Crippen molar-refractivity contribution >= 4 is 15.9 Å². The van der Waals surface area contributed by atoms with Gasteiger partial charge in [0.05, 0.1) is 17.4 Å². The van der Waals surface area contributed by atoms with Crippen LogP contribution in [-0.2, 0) is 21.2 Å². The normalized spacial score (nSPS) is 27.4. The third-order valence-corrected chi connectivity index (χ3v) is 9.69. The van der Waals surface area contributed by atoms with Crippen LogP contribution < -0.4 is 10.6 Å². The zero-order chi connectivity index (χ0) is 22.9. The van der Waals surface area contributed by atoms with E-state index < -0.39 is 16.1 Å². The Morgan fingerprint density at radius 3 is 2.41 bits per heavy atom. The fraction of sp³-hybridized carbons (Fsp3) is 0.667. The van der Waals surface area contributed by atoms with Crippen molar-refractivity contribution in [2.75, 3.05) is 13.1 Å². The molecule has 2 heterocycles. The minimum atomic E-state index is -3.18. The van der Waals surface area contributed by atoms with Gasteiger partial charge in [-0.2, -0.15) is 5.26 Å². The van der Waals surface area contributed by atoms with Gasteiger partial charge < -0.3 is 10.6 Å². The van der Waals surface area contributed by atoms with E-state index >= 15 is 0 Å². The summed E-state index contributed by atoms with van der Waals surface area (Å²) in [6.45, 7) is 4.58. The molecule has 1 aliphatic carbocycles. The summed E-state index contributed by atoms with van der Waals surface area (Å²) in [6.07, 6.45) is 5.43. The highest BCUT2D eigenvalue weighted by molar-refractivity contribution is 7.89. The molecule has 32 heavy (non-hydrogen) atoms. The first kappa shape index (κ1) is 23.2. The summed E-state index contributed by atoms with van der Waals surface area (Å²) in [6, 6.07) is 10.2. The number of carbonyl (C=O) groups excluding carboxylic acids is 1. The van der Waals surface area contributed by atoms with Crippen molar-refractivity contribution in [1.82, 2.24) is 14.9 Å². The molecule has 1 amide bonds. The van der Waals surface area contributed by atoms with Gasteiger partial charge in [-0.1, -0.05) is 24.3 Å². The number of nitrogens with one attached hydrogen (secondary N) is 2. The molecule has 2 bridgehead atoms. The van der Waals surface area contributed by atoms with Crippen LogP contribution in [0.25, 0.3) is 0 Å². The lowest BCUT2D eigenvalue weighted by molar-refractivity contribution is -0.124. The molecule has 2 saturated heterocycles. The number of amides is 1. The van der Waals surface area contributed by atoms with Crippen LogP contribution in [0.3, 0.4) is 0 Å². The zero-order valence-electron chi connectivity index (χ0n) is 19.0. The summed E-state index contributed by atoms with van der Waals surface area (Å²) in [5.74, 6) is 0.696. The van der Waals surface area contributed by atoms with Crippen LogP contribution in [0.1, 0.15) is 63.0 Å².